The van der Waals surface area contributed by atoms with Crippen molar-refractivity contribution >= 4 is 12.1 Å². The Morgan fingerprint density at radius 2 is 2.20 bits per heavy atom. The van der Waals surface area contributed by atoms with Crippen molar-refractivity contribution in [1.82, 2.24) is 4.98 Å². The van der Waals surface area contributed by atoms with E-state index in [2.05, 4.69) is 14.5 Å². The fourth-order valence-corrected chi connectivity index (χ4v) is 0.841. The lowest BCUT2D eigenvalue weighted by atomic mass is 10.3. The molecule has 6 nitrogen and oxygen atoms in total. The largest absolute Gasteiger partial charge is 0.516 e. The summed E-state index contributed by atoms with van der Waals surface area (Å²) >= 11 is 0. The van der Waals surface area contributed by atoms with Crippen LogP contribution in [0.1, 0.15) is 17.4 Å². The molecule has 0 saturated heterocycles. The lowest BCUT2D eigenvalue weighted by Crippen LogP contribution is -2.16. The second-order valence-electron chi connectivity index (χ2n) is 2.51. The molecule has 1 heterocycles. The van der Waals surface area contributed by atoms with Gasteiger partial charge in [-0.2, -0.15) is 0 Å². The number of aromatic amines is 1. The van der Waals surface area contributed by atoms with E-state index in [1.807, 2.05) is 0 Å². The average Bonchev–Trinajstić information content (AvgIpc) is 2.18. The second-order valence-corrected chi connectivity index (χ2v) is 2.51. The van der Waals surface area contributed by atoms with Crippen LogP contribution >= 0.6 is 0 Å². The summed E-state index contributed by atoms with van der Waals surface area (Å²) in [6, 6.07) is 2.27. The minimum absolute atomic E-state index is 0.101. The van der Waals surface area contributed by atoms with Crippen molar-refractivity contribution in [2.45, 2.75) is 6.92 Å². The van der Waals surface area contributed by atoms with Crippen LogP contribution < -0.4 is 5.43 Å². The highest BCUT2D eigenvalue weighted by Crippen LogP contribution is 1.95. The molecule has 0 aliphatic heterocycles. The Hall–Kier alpha value is -2.11. The molecule has 80 valence electrons. The van der Waals surface area contributed by atoms with Crippen LogP contribution in [-0.2, 0) is 9.47 Å². The molecular weight excluding hydrogens is 202 g/mol. The summed E-state index contributed by atoms with van der Waals surface area (Å²) in [5, 5.41) is 0. The van der Waals surface area contributed by atoms with Gasteiger partial charge >= 0.3 is 12.1 Å². The molecule has 1 rings (SSSR count). The third-order valence-corrected chi connectivity index (χ3v) is 1.43. The summed E-state index contributed by atoms with van der Waals surface area (Å²) in [5.74, 6) is -0.953. The van der Waals surface area contributed by atoms with Crippen LogP contribution in [0.3, 0.4) is 0 Å². The first-order valence-corrected chi connectivity index (χ1v) is 4.21. The lowest BCUT2D eigenvalue weighted by Gasteiger charge is -2.01. The molecule has 0 saturated carbocycles. The van der Waals surface area contributed by atoms with E-state index in [0.717, 1.165) is 6.07 Å². The Balaban J connectivity index is 2.69. The lowest BCUT2D eigenvalue weighted by molar-refractivity contribution is 0.0396. The van der Waals surface area contributed by atoms with Crippen molar-refractivity contribution in [3.05, 3.63) is 34.2 Å². The number of esters is 1. The molecule has 0 amide bonds. The number of rotatable bonds is 2. The molecule has 0 spiro atoms. The zero-order valence-corrected chi connectivity index (χ0v) is 7.98. The molecule has 1 N–H and O–H groups in total. The highest BCUT2D eigenvalue weighted by Gasteiger charge is 2.14. The molecule has 0 atom stereocenters. The van der Waals surface area contributed by atoms with Crippen LogP contribution in [0.15, 0.2) is 23.1 Å². The van der Waals surface area contributed by atoms with Gasteiger partial charge in [0.05, 0.1) is 6.61 Å². The van der Waals surface area contributed by atoms with E-state index in [1.165, 1.54) is 12.3 Å². The number of hydrogen-bond donors (Lipinski definition) is 1. The minimum Gasteiger partial charge on any atom is -0.434 e. The van der Waals surface area contributed by atoms with Gasteiger partial charge in [0.2, 0.25) is 0 Å². The third kappa shape index (κ3) is 3.26. The van der Waals surface area contributed by atoms with Gasteiger partial charge in [-0.3, -0.25) is 4.79 Å². The number of carbonyl (C=O) groups excluding carboxylic acids is 2. The molecule has 0 aliphatic rings. The Bertz CT molecular complexity index is 423. The first-order chi connectivity index (χ1) is 7.13. The summed E-state index contributed by atoms with van der Waals surface area (Å²) in [7, 11) is 0. The normalized spacial score (nSPS) is 9.40. The zero-order chi connectivity index (χ0) is 11.3. The molecule has 1 aromatic rings. The van der Waals surface area contributed by atoms with Crippen LogP contribution in [0.2, 0.25) is 0 Å². The molecular formula is C9H9NO5. The Morgan fingerprint density at radius 3 is 2.80 bits per heavy atom. The zero-order valence-electron chi connectivity index (χ0n) is 7.98. The molecule has 6 heteroatoms. The van der Waals surface area contributed by atoms with Gasteiger partial charge in [-0.25, -0.2) is 9.59 Å². The van der Waals surface area contributed by atoms with E-state index in [9.17, 15) is 14.4 Å². The predicted octanol–water partition coefficient (Wildman–Crippen LogP) is 0.688. The summed E-state index contributed by atoms with van der Waals surface area (Å²) in [6.45, 7) is 1.69. The number of ether oxygens (including phenoxy) is 2. The monoisotopic (exact) mass is 211 g/mol. The molecule has 15 heavy (non-hydrogen) atoms. The number of nitrogens with one attached hydrogen (secondary N) is 1. The fourth-order valence-electron chi connectivity index (χ4n) is 0.841. The van der Waals surface area contributed by atoms with Crippen molar-refractivity contribution in [2.75, 3.05) is 6.61 Å². The number of H-pyrrole nitrogens is 1. The van der Waals surface area contributed by atoms with Crippen molar-refractivity contribution < 1.29 is 19.1 Å². The fraction of sp³-hybridized carbons (Fsp3) is 0.222. The minimum atomic E-state index is -1.09. The van der Waals surface area contributed by atoms with Crippen LogP contribution in [0.4, 0.5) is 4.79 Å². The van der Waals surface area contributed by atoms with E-state index in [-0.39, 0.29) is 17.7 Å². The molecule has 0 fully saturated rings. The topological polar surface area (TPSA) is 85.5 Å². The average molecular weight is 211 g/mol. The van der Waals surface area contributed by atoms with E-state index in [1.54, 1.807) is 6.92 Å². The van der Waals surface area contributed by atoms with Gasteiger partial charge in [0, 0.05) is 18.3 Å². The molecule has 0 bridgehead atoms. The highest BCUT2D eigenvalue weighted by atomic mass is 16.7. The van der Waals surface area contributed by atoms with Gasteiger partial charge in [-0.15, -0.1) is 0 Å². The van der Waals surface area contributed by atoms with Gasteiger partial charge < -0.3 is 14.5 Å². The number of carbonyl (C=O) groups is 2. The Morgan fingerprint density at radius 1 is 1.47 bits per heavy atom. The van der Waals surface area contributed by atoms with Crippen molar-refractivity contribution in [2.24, 2.45) is 0 Å². The highest BCUT2D eigenvalue weighted by molar-refractivity contribution is 5.93. The summed E-state index contributed by atoms with van der Waals surface area (Å²) < 4.78 is 8.65. The standard InChI is InChI=1S/C9H9NO5/c1-2-14-9(13)15-8(12)7-5-6(11)3-4-10-7/h3-5H,2H2,1H3,(H,10,11). The van der Waals surface area contributed by atoms with Crippen LogP contribution in [0.5, 0.6) is 0 Å². The second kappa shape index (κ2) is 4.94. The third-order valence-electron chi connectivity index (χ3n) is 1.43. The van der Waals surface area contributed by atoms with Crippen molar-refractivity contribution in [3.63, 3.8) is 0 Å². The summed E-state index contributed by atoms with van der Waals surface area (Å²) in [5.41, 5.74) is -0.458. The van der Waals surface area contributed by atoms with Crippen LogP contribution in [-0.4, -0.2) is 23.7 Å². The number of aromatic nitrogens is 1. The Kier molecular flexibility index (Phi) is 3.61. The molecule has 1 aromatic heterocycles. The predicted molar refractivity (Wildman–Crippen MR) is 49.5 cm³/mol. The first-order valence-electron chi connectivity index (χ1n) is 4.21. The molecule has 0 aromatic carbocycles. The van der Waals surface area contributed by atoms with Crippen LogP contribution in [0, 0.1) is 0 Å². The first kappa shape index (κ1) is 11.0. The van der Waals surface area contributed by atoms with Crippen molar-refractivity contribution in [1.29, 1.82) is 0 Å². The van der Waals surface area contributed by atoms with Gasteiger partial charge in [0.15, 0.2) is 5.43 Å². The van der Waals surface area contributed by atoms with E-state index < -0.39 is 12.1 Å². The molecule has 0 radical (unpaired) electrons. The summed E-state index contributed by atoms with van der Waals surface area (Å²) in [4.78, 5) is 35.3. The van der Waals surface area contributed by atoms with Crippen molar-refractivity contribution in [3.8, 4) is 0 Å². The van der Waals surface area contributed by atoms with Gasteiger partial charge in [0.1, 0.15) is 5.69 Å². The van der Waals surface area contributed by atoms with Gasteiger partial charge in [0.25, 0.3) is 0 Å². The summed E-state index contributed by atoms with van der Waals surface area (Å²) in [6.07, 6.45) is 0.191. The quantitative estimate of drug-likeness (QED) is 0.574. The van der Waals surface area contributed by atoms with E-state index in [4.69, 9.17) is 0 Å². The van der Waals surface area contributed by atoms with Gasteiger partial charge in [-0.05, 0) is 6.92 Å². The maximum Gasteiger partial charge on any atom is 0.516 e. The Labute approximate surface area is 84.8 Å². The molecule has 0 unspecified atom stereocenters. The maximum absolute atomic E-state index is 11.2. The van der Waals surface area contributed by atoms with E-state index >= 15 is 0 Å². The number of hydrogen-bond acceptors (Lipinski definition) is 5. The smallest absolute Gasteiger partial charge is 0.434 e. The van der Waals surface area contributed by atoms with Gasteiger partial charge in [-0.1, -0.05) is 0 Å². The van der Waals surface area contributed by atoms with Crippen LogP contribution in [0.25, 0.3) is 0 Å². The van der Waals surface area contributed by atoms with E-state index in [0.29, 0.717) is 0 Å². The SMILES string of the molecule is CCOC(=O)OC(=O)c1cc(=O)cc[nH]1. The number of pyridine rings is 1. The maximum atomic E-state index is 11.2. The molecule has 0 aliphatic carbocycles.